The van der Waals surface area contributed by atoms with Gasteiger partial charge in [0.25, 0.3) is 10.1 Å². The van der Waals surface area contributed by atoms with E-state index in [0.717, 1.165) is 19.1 Å². The third-order valence-electron chi connectivity index (χ3n) is 5.19. The quantitative estimate of drug-likeness (QED) is 0.454. The Morgan fingerprint density at radius 3 is 2.43 bits per heavy atom. The number of aldehydes is 1. The Kier molecular flexibility index (Phi) is 6.19. The van der Waals surface area contributed by atoms with Crippen LogP contribution in [0.4, 0.5) is 18.9 Å². The molecule has 2 atom stereocenters. The van der Waals surface area contributed by atoms with Gasteiger partial charge >= 0.3 is 6.18 Å². The van der Waals surface area contributed by atoms with Crippen LogP contribution in [-0.2, 0) is 21.1 Å². The maximum atomic E-state index is 13.3. The lowest BCUT2D eigenvalue weighted by Gasteiger charge is -2.49. The smallest absolute Gasteiger partial charge is 0.382 e. The third kappa shape index (κ3) is 4.12. The molecule has 0 aromatic heterocycles. The highest BCUT2D eigenvalue weighted by atomic mass is 32.2. The molecule has 0 fully saturated rings. The molecule has 1 aliphatic rings. The van der Waals surface area contributed by atoms with E-state index in [1.54, 1.807) is 0 Å². The van der Waals surface area contributed by atoms with Crippen molar-refractivity contribution in [3.8, 4) is 6.07 Å². The first-order valence-corrected chi connectivity index (χ1v) is 10.1. The van der Waals surface area contributed by atoms with Crippen LogP contribution in [0, 0.1) is 11.3 Å². The van der Waals surface area contributed by atoms with Crippen LogP contribution >= 0.6 is 0 Å². The van der Waals surface area contributed by atoms with E-state index in [9.17, 15) is 36.0 Å². The van der Waals surface area contributed by atoms with Gasteiger partial charge in [0.1, 0.15) is 16.8 Å². The minimum absolute atomic E-state index is 0.170. The number of carbonyl (C=O) groups excluding carboxylic acids is 1. The minimum atomic E-state index is -4.87. The normalized spacial score (nSPS) is 24.5. The van der Waals surface area contributed by atoms with Gasteiger partial charge in [-0.3, -0.25) is 4.55 Å². The fourth-order valence-electron chi connectivity index (χ4n) is 3.64. The van der Waals surface area contributed by atoms with Crippen molar-refractivity contribution in [2.75, 3.05) is 5.32 Å². The Bertz CT molecular complexity index is 1070. The number of hydrogen-bond acceptors (Lipinski definition) is 6. The summed E-state index contributed by atoms with van der Waals surface area (Å²) in [6.45, 7) is 2.58. The molecule has 1 aromatic carbocycles. The number of alkyl halides is 3. The van der Waals surface area contributed by atoms with Gasteiger partial charge in [0, 0.05) is 12.1 Å². The number of nitriles is 1. The molecule has 30 heavy (non-hydrogen) atoms. The van der Waals surface area contributed by atoms with Crippen molar-refractivity contribution in [2.45, 2.75) is 44.0 Å². The van der Waals surface area contributed by atoms with E-state index in [1.165, 1.54) is 25.1 Å². The van der Waals surface area contributed by atoms with Crippen molar-refractivity contribution in [3.63, 3.8) is 0 Å². The van der Waals surface area contributed by atoms with Gasteiger partial charge in [0.15, 0.2) is 0 Å². The van der Waals surface area contributed by atoms with Crippen LogP contribution in [-0.4, -0.2) is 35.5 Å². The SMILES string of the molecule is CC1=CC=C(S(=O)(=O)O)C(C)(O)C1(CCC=O)Nc1ccc(C#N)c(C(F)(F)F)c1. The van der Waals surface area contributed by atoms with E-state index >= 15 is 0 Å². The van der Waals surface area contributed by atoms with Gasteiger partial charge in [-0.25, -0.2) is 0 Å². The van der Waals surface area contributed by atoms with Crippen LogP contribution in [0.5, 0.6) is 0 Å². The summed E-state index contributed by atoms with van der Waals surface area (Å²) < 4.78 is 73.1. The molecule has 0 bridgehead atoms. The molecule has 0 spiro atoms. The zero-order valence-corrected chi connectivity index (χ0v) is 16.8. The lowest BCUT2D eigenvalue weighted by Crippen LogP contribution is -2.61. The lowest BCUT2D eigenvalue weighted by atomic mass is 9.69. The first-order chi connectivity index (χ1) is 13.7. The number of halogens is 3. The van der Waals surface area contributed by atoms with Crippen molar-refractivity contribution in [3.05, 3.63) is 52.0 Å². The molecule has 2 rings (SSSR count). The van der Waals surface area contributed by atoms with Gasteiger partial charge in [0.2, 0.25) is 0 Å². The predicted molar refractivity (Wildman–Crippen MR) is 102 cm³/mol. The first-order valence-electron chi connectivity index (χ1n) is 8.63. The molecule has 11 heteroatoms. The molecule has 7 nitrogen and oxygen atoms in total. The molecule has 0 heterocycles. The van der Waals surface area contributed by atoms with Gasteiger partial charge in [-0.1, -0.05) is 6.08 Å². The van der Waals surface area contributed by atoms with Gasteiger partial charge in [-0.05, 0) is 50.1 Å². The monoisotopic (exact) mass is 444 g/mol. The summed E-state index contributed by atoms with van der Waals surface area (Å²) in [5, 5.41) is 22.8. The van der Waals surface area contributed by atoms with Crippen molar-refractivity contribution in [2.24, 2.45) is 0 Å². The fourth-order valence-corrected chi connectivity index (χ4v) is 4.55. The average Bonchev–Trinajstić information content (AvgIpc) is 2.61. The first kappa shape index (κ1) is 23.6. The summed E-state index contributed by atoms with van der Waals surface area (Å²) in [6.07, 6.45) is -2.41. The second kappa shape index (κ2) is 7.86. The third-order valence-corrected chi connectivity index (χ3v) is 6.28. The predicted octanol–water partition coefficient (Wildman–Crippen LogP) is 3.19. The standard InChI is InChI=1S/C19H19F3N2O5S/c1-12-4-7-16(30(27,28)29)17(2,26)18(12,8-3-9-25)24-14-6-5-13(11-23)15(10-14)19(20,21)22/h4-7,9-10,24,26H,3,8H2,1-2H3,(H,27,28,29). The highest BCUT2D eigenvalue weighted by Crippen LogP contribution is 2.46. The van der Waals surface area contributed by atoms with Crippen LogP contribution in [0.2, 0.25) is 0 Å². The molecule has 0 amide bonds. The molecule has 3 N–H and O–H groups in total. The maximum Gasteiger partial charge on any atom is 0.417 e. The number of nitrogens with zero attached hydrogens (tertiary/aromatic N) is 1. The number of anilines is 1. The summed E-state index contributed by atoms with van der Waals surface area (Å²) in [6, 6.07) is 4.23. The van der Waals surface area contributed by atoms with Gasteiger partial charge in [-0.15, -0.1) is 0 Å². The van der Waals surface area contributed by atoms with Crippen molar-refractivity contribution in [1.82, 2.24) is 0 Å². The van der Waals surface area contributed by atoms with Crippen molar-refractivity contribution >= 4 is 22.1 Å². The summed E-state index contributed by atoms with van der Waals surface area (Å²) in [4.78, 5) is 10.2. The summed E-state index contributed by atoms with van der Waals surface area (Å²) in [5.41, 5.74) is -5.75. The molecular formula is C19H19F3N2O5S. The molecule has 0 radical (unpaired) electrons. The number of carbonyl (C=O) groups is 1. The molecule has 0 saturated carbocycles. The van der Waals surface area contributed by atoms with Crippen LogP contribution < -0.4 is 5.32 Å². The molecule has 1 aromatic rings. The molecule has 1 aliphatic carbocycles. The average molecular weight is 444 g/mol. The van der Waals surface area contributed by atoms with E-state index in [2.05, 4.69) is 5.32 Å². The zero-order chi connectivity index (χ0) is 23.0. The molecule has 0 aliphatic heterocycles. The van der Waals surface area contributed by atoms with Crippen molar-refractivity contribution < 1.29 is 36.0 Å². The van der Waals surface area contributed by atoms with Crippen LogP contribution in [0.1, 0.15) is 37.8 Å². The minimum Gasteiger partial charge on any atom is -0.382 e. The van der Waals surface area contributed by atoms with Gasteiger partial charge < -0.3 is 15.2 Å². The number of benzene rings is 1. The maximum absolute atomic E-state index is 13.3. The van der Waals surface area contributed by atoms with E-state index in [-0.39, 0.29) is 18.5 Å². The van der Waals surface area contributed by atoms with Crippen LogP contribution in [0.15, 0.2) is 40.8 Å². The van der Waals surface area contributed by atoms with Crippen LogP contribution in [0.25, 0.3) is 0 Å². The Morgan fingerprint density at radius 1 is 1.30 bits per heavy atom. The van der Waals surface area contributed by atoms with Crippen LogP contribution in [0.3, 0.4) is 0 Å². The number of rotatable bonds is 6. The van der Waals surface area contributed by atoms with E-state index < -0.39 is 43.5 Å². The number of aliphatic hydroxyl groups is 1. The number of hydrogen-bond donors (Lipinski definition) is 3. The second-order valence-corrected chi connectivity index (χ2v) is 8.42. The van der Waals surface area contributed by atoms with E-state index in [0.29, 0.717) is 17.9 Å². The lowest BCUT2D eigenvalue weighted by molar-refractivity contribution is -0.137. The van der Waals surface area contributed by atoms with Crippen molar-refractivity contribution in [1.29, 1.82) is 5.26 Å². The summed E-state index contributed by atoms with van der Waals surface area (Å²) in [7, 11) is -4.87. The molecule has 162 valence electrons. The fraction of sp³-hybridized carbons (Fsp3) is 0.368. The second-order valence-electron chi connectivity index (χ2n) is 7.03. The van der Waals surface area contributed by atoms with Gasteiger partial charge in [-0.2, -0.15) is 26.9 Å². The number of nitrogens with one attached hydrogen (secondary N) is 1. The molecular weight excluding hydrogens is 425 g/mol. The highest BCUT2D eigenvalue weighted by molar-refractivity contribution is 7.89. The zero-order valence-electron chi connectivity index (χ0n) is 16.0. The highest BCUT2D eigenvalue weighted by Gasteiger charge is 2.55. The Balaban J connectivity index is 2.70. The Hall–Kier alpha value is -2.68. The topological polar surface area (TPSA) is 127 Å². The van der Waals surface area contributed by atoms with E-state index in [4.69, 9.17) is 5.26 Å². The number of allylic oxidation sites excluding steroid dienone is 2. The Labute approximate surface area is 171 Å². The summed E-state index contributed by atoms with van der Waals surface area (Å²) >= 11 is 0. The largest absolute Gasteiger partial charge is 0.417 e. The molecule has 0 saturated heterocycles. The Morgan fingerprint density at radius 2 is 1.93 bits per heavy atom. The summed E-state index contributed by atoms with van der Waals surface area (Å²) in [5.74, 6) is 0. The van der Waals surface area contributed by atoms with E-state index in [1.807, 2.05) is 0 Å². The van der Waals surface area contributed by atoms with Gasteiger partial charge in [0.05, 0.1) is 22.7 Å². The molecule has 2 unspecified atom stereocenters.